The zero-order chi connectivity index (χ0) is 25.2. The second kappa shape index (κ2) is 9.43. The average molecular weight is 469 g/mol. The number of nitriles is 1. The van der Waals surface area contributed by atoms with E-state index in [-0.39, 0.29) is 35.0 Å². The van der Waals surface area contributed by atoms with Gasteiger partial charge >= 0.3 is 12.1 Å². The first kappa shape index (κ1) is 24.6. The zero-order valence-corrected chi connectivity index (χ0v) is 18.7. The molecule has 6 nitrogen and oxygen atoms in total. The fraction of sp³-hybridized carbons (Fsp3) is 0.240. The van der Waals surface area contributed by atoms with Gasteiger partial charge in [0.05, 0.1) is 35.3 Å². The van der Waals surface area contributed by atoms with Crippen molar-refractivity contribution in [3.63, 3.8) is 0 Å². The van der Waals surface area contributed by atoms with E-state index in [1.807, 2.05) is 6.07 Å². The highest BCUT2D eigenvalue weighted by Gasteiger charge is 2.40. The van der Waals surface area contributed by atoms with Crippen molar-refractivity contribution in [2.24, 2.45) is 5.73 Å². The average Bonchev–Trinajstić information content (AvgIpc) is 2.78. The van der Waals surface area contributed by atoms with E-state index in [0.717, 1.165) is 12.1 Å². The van der Waals surface area contributed by atoms with E-state index in [4.69, 9.17) is 15.7 Å². The summed E-state index contributed by atoms with van der Waals surface area (Å²) in [7, 11) is 0. The van der Waals surface area contributed by atoms with Crippen LogP contribution in [0.5, 0.6) is 0 Å². The molecule has 0 amide bonds. The fourth-order valence-electron chi connectivity index (χ4n) is 4.05. The molecular formula is C25H22F3N3O3. The quantitative estimate of drug-likeness (QED) is 0.634. The lowest BCUT2D eigenvalue weighted by molar-refractivity contribution is -0.139. The first-order valence-electron chi connectivity index (χ1n) is 10.4. The maximum atomic E-state index is 13.4. The zero-order valence-electron chi connectivity index (χ0n) is 18.7. The van der Waals surface area contributed by atoms with Crippen LogP contribution in [0, 0.1) is 11.3 Å². The van der Waals surface area contributed by atoms with Crippen molar-refractivity contribution >= 4 is 17.4 Å². The number of nitrogens with two attached hydrogens (primary N) is 1. The minimum atomic E-state index is -4.60. The molecule has 1 heterocycles. The van der Waals surface area contributed by atoms with Crippen molar-refractivity contribution in [2.45, 2.75) is 32.9 Å². The number of allylic oxidation sites excluding steroid dienone is 2. The lowest BCUT2D eigenvalue weighted by Gasteiger charge is -2.37. The van der Waals surface area contributed by atoms with Crippen LogP contribution < -0.4 is 10.6 Å². The van der Waals surface area contributed by atoms with Crippen molar-refractivity contribution in [3.8, 4) is 6.07 Å². The number of rotatable bonds is 5. The molecule has 0 bridgehead atoms. The summed E-state index contributed by atoms with van der Waals surface area (Å²) in [5, 5.41) is 9.11. The van der Waals surface area contributed by atoms with Crippen molar-refractivity contribution in [3.05, 3.63) is 87.9 Å². The van der Waals surface area contributed by atoms with Gasteiger partial charge in [-0.05, 0) is 56.7 Å². The number of carbonyl (C=O) groups is 2. The molecule has 176 valence electrons. The molecule has 0 fully saturated rings. The Labute approximate surface area is 194 Å². The molecule has 3 rings (SSSR count). The Morgan fingerprint density at radius 2 is 1.79 bits per heavy atom. The molecule has 9 heteroatoms. The predicted octanol–water partition coefficient (Wildman–Crippen LogP) is 4.78. The van der Waals surface area contributed by atoms with E-state index in [1.54, 1.807) is 38.1 Å². The smallest absolute Gasteiger partial charge is 0.416 e. The summed E-state index contributed by atoms with van der Waals surface area (Å²) < 4.78 is 45.3. The highest BCUT2D eigenvalue weighted by Crippen LogP contribution is 2.44. The van der Waals surface area contributed by atoms with Crippen LogP contribution in [0.2, 0.25) is 0 Å². The van der Waals surface area contributed by atoms with Gasteiger partial charge < -0.3 is 15.4 Å². The Morgan fingerprint density at radius 3 is 2.32 bits per heavy atom. The molecule has 1 aliphatic heterocycles. The molecule has 0 aliphatic carbocycles. The van der Waals surface area contributed by atoms with Gasteiger partial charge in [-0.15, -0.1) is 0 Å². The second-order valence-corrected chi connectivity index (χ2v) is 7.62. The number of hydrogen-bond acceptors (Lipinski definition) is 6. The lowest BCUT2D eigenvalue weighted by Crippen LogP contribution is -2.38. The molecule has 1 unspecified atom stereocenters. The van der Waals surface area contributed by atoms with E-state index >= 15 is 0 Å². The Bertz CT molecular complexity index is 1240. The third-order valence-corrected chi connectivity index (χ3v) is 5.50. The molecule has 0 saturated carbocycles. The third-order valence-electron chi connectivity index (χ3n) is 5.50. The molecule has 1 aliphatic rings. The fourth-order valence-corrected chi connectivity index (χ4v) is 4.05. The number of anilines is 1. The summed E-state index contributed by atoms with van der Waals surface area (Å²) >= 11 is 0. The van der Waals surface area contributed by atoms with Crippen molar-refractivity contribution in [1.29, 1.82) is 5.26 Å². The summed E-state index contributed by atoms with van der Waals surface area (Å²) in [5.41, 5.74) is 6.84. The van der Waals surface area contributed by atoms with Gasteiger partial charge in [0.25, 0.3) is 0 Å². The first-order chi connectivity index (χ1) is 16.0. The topological polar surface area (TPSA) is 96.4 Å². The van der Waals surface area contributed by atoms with Crippen molar-refractivity contribution < 1.29 is 27.5 Å². The number of alkyl halides is 3. The van der Waals surface area contributed by atoms with Crippen LogP contribution in [0.15, 0.2) is 71.2 Å². The highest BCUT2D eigenvalue weighted by atomic mass is 19.4. The molecule has 34 heavy (non-hydrogen) atoms. The van der Waals surface area contributed by atoms with Crippen molar-refractivity contribution in [2.75, 3.05) is 11.5 Å². The SMILES string of the molecule is CCOC(=O)C1=C(N)N(c2cccc(C(F)(F)F)c2)C(C)=C(C(C)=O)C1c1ccc(C#N)cc1. The van der Waals surface area contributed by atoms with Gasteiger partial charge in [-0.1, -0.05) is 18.2 Å². The van der Waals surface area contributed by atoms with E-state index < -0.39 is 29.4 Å². The maximum absolute atomic E-state index is 13.4. The normalized spacial score (nSPS) is 16.4. The Balaban J connectivity index is 2.31. The minimum Gasteiger partial charge on any atom is -0.463 e. The lowest BCUT2D eigenvalue weighted by atomic mass is 9.79. The highest BCUT2D eigenvalue weighted by molar-refractivity contribution is 6.03. The summed E-state index contributed by atoms with van der Waals surface area (Å²) in [6.07, 6.45) is -4.60. The van der Waals surface area contributed by atoms with Gasteiger partial charge in [0.1, 0.15) is 5.82 Å². The van der Waals surface area contributed by atoms with E-state index in [9.17, 15) is 22.8 Å². The Kier molecular flexibility index (Phi) is 6.82. The van der Waals surface area contributed by atoms with Gasteiger partial charge in [-0.3, -0.25) is 4.79 Å². The maximum Gasteiger partial charge on any atom is 0.416 e. The summed E-state index contributed by atoms with van der Waals surface area (Å²) in [6, 6.07) is 12.8. The van der Waals surface area contributed by atoms with Crippen LogP contribution in [-0.2, 0) is 20.5 Å². The van der Waals surface area contributed by atoms with Gasteiger partial charge in [0.15, 0.2) is 5.78 Å². The van der Waals surface area contributed by atoms with Crippen LogP contribution in [0.25, 0.3) is 0 Å². The molecule has 2 aromatic rings. The molecular weight excluding hydrogens is 447 g/mol. The molecule has 2 aromatic carbocycles. The number of nitrogens with zero attached hydrogens (tertiary/aromatic N) is 2. The standard InChI is InChI=1S/C25H22F3N3O3/c1-4-34-24(33)22-21(17-10-8-16(13-29)9-11-17)20(15(3)32)14(2)31(23(22)30)19-7-5-6-18(12-19)25(26,27)28/h5-12,21H,4,30H2,1-3H3. The van der Waals surface area contributed by atoms with E-state index in [0.29, 0.717) is 11.1 Å². The summed E-state index contributed by atoms with van der Waals surface area (Å²) in [4.78, 5) is 27.1. The number of carbonyl (C=O) groups excluding carboxylic acids is 2. The largest absolute Gasteiger partial charge is 0.463 e. The number of benzene rings is 2. The van der Waals surface area contributed by atoms with Crippen LogP contribution in [-0.4, -0.2) is 18.4 Å². The van der Waals surface area contributed by atoms with E-state index in [1.165, 1.54) is 24.0 Å². The third kappa shape index (κ3) is 4.53. The van der Waals surface area contributed by atoms with Crippen LogP contribution >= 0.6 is 0 Å². The number of esters is 1. The molecule has 0 saturated heterocycles. The minimum absolute atomic E-state index is 0.0252. The molecule has 1 atom stereocenters. The number of hydrogen-bond donors (Lipinski definition) is 1. The van der Waals surface area contributed by atoms with Gasteiger partial charge in [-0.2, -0.15) is 18.4 Å². The predicted molar refractivity (Wildman–Crippen MR) is 119 cm³/mol. The van der Waals surface area contributed by atoms with Gasteiger partial charge in [-0.25, -0.2) is 4.79 Å². The number of halogens is 3. The Hall–Kier alpha value is -4.06. The van der Waals surface area contributed by atoms with Crippen LogP contribution in [0.4, 0.5) is 18.9 Å². The number of Topliss-reactive ketones (excluding diaryl/α,β-unsaturated/α-hetero) is 1. The first-order valence-corrected chi connectivity index (χ1v) is 10.4. The van der Waals surface area contributed by atoms with Crippen LogP contribution in [0.1, 0.15) is 43.4 Å². The number of ether oxygens (including phenoxy) is 1. The van der Waals surface area contributed by atoms with Gasteiger partial charge in [0.2, 0.25) is 0 Å². The molecule has 0 aromatic heterocycles. The molecule has 2 N–H and O–H groups in total. The van der Waals surface area contributed by atoms with E-state index in [2.05, 4.69) is 0 Å². The molecule has 0 radical (unpaired) electrons. The Morgan fingerprint density at radius 1 is 1.15 bits per heavy atom. The number of ketones is 1. The summed E-state index contributed by atoms with van der Waals surface area (Å²) in [6.45, 7) is 4.50. The van der Waals surface area contributed by atoms with Crippen molar-refractivity contribution in [1.82, 2.24) is 0 Å². The summed E-state index contributed by atoms with van der Waals surface area (Å²) in [5.74, 6) is -2.25. The second-order valence-electron chi connectivity index (χ2n) is 7.62. The van der Waals surface area contributed by atoms with Gasteiger partial charge in [0, 0.05) is 17.0 Å². The monoisotopic (exact) mass is 469 g/mol. The molecule has 0 spiro atoms. The van der Waals surface area contributed by atoms with Crippen LogP contribution in [0.3, 0.4) is 0 Å².